The number of hydrogen-bond donors (Lipinski definition) is 5. The van der Waals surface area contributed by atoms with E-state index >= 15 is 4.79 Å². The summed E-state index contributed by atoms with van der Waals surface area (Å²) in [5.41, 5.74) is 6.28. The average Bonchev–Trinajstić information content (AvgIpc) is 3.85. The summed E-state index contributed by atoms with van der Waals surface area (Å²) in [6, 6.07) is 7.03. The van der Waals surface area contributed by atoms with E-state index in [0.717, 1.165) is 80.1 Å². The number of carbonyl (C=O) groups is 2. The van der Waals surface area contributed by atoms with E-state index in [1.807, 2.05) is 20.9 Å². The number of hydrogen-bond acceptors (Lipinski definition) is 8. The summed E-state index contributed by atoms with van der Waals surface area (Å²) < 4.78 is 14.4. The summed E-state index contributed by atoms with van der Waals surface area (Å²) >= 11 is 0. The number of allylic oxidation sites excluding steroid dienone is 1. The van der Waals surface area contributed by atoms with Crippen LogP contribution in [0.1, 0.15) is 198 Å². The Labute approximate surface area is 435 Å². The molecule has 10 nitrogen and oxygen atoms in total. The molecule has 73 heavy (non-hydrogen) atoms. The van der Waals surface area contributed by atoms with E-state index in [4.69, 9.17) is 9.47 Å². The lowest BCUT2D eigenvalue weighted by atomic mass is 9.30. The highest BCUT2D eigenvalue weighted by Gasteiger charge is 2.77. The summed E-state index contributed by atoms with van der Waals surface area (Å²) in [6.07, 6.45) is 20.4. The van der Waals surface area contributed by atoms with Gasteiger partial charge in [0.1, 0.15) is 11.9 Å². The van der Waals surface area contributed by atoms with Gasteiger partial charge in [0.2, 0.25) is 0 Å². The molecule has 11 atom stereocenters. The molecule has 7 fully saturated rings. The number of nitrogens with one attached hydrogen (secondary N) is 2. The van der Waals surface area contributed by atoms with Gasteiger partial charge in [-0.1, -0.05) is 84.9 Å². The third kappa shape index (κ3) is 7.41. The number of fused-ring (bicyclic) bond motifs is 5. The van der Waals surface area contributed by atoms with Gasteiger partial charge in [-0.05, 0) is 164 Å². The second-order valence-electron chi connectivity index (χ2n) is 27.9. The van der Waals surface area contributed by atoms with Crippen molar-refractivity contribution in [1.82, 2.24) is 14.9 Å². The quantitative estimate of drug-likeness (QED) is 0.126. The van der Waals surface area contributed by atoms with E-state index in [9.17, 15) is 20.1 Å². The topological polar surface area (TPSA) is 149 Å². The fourth-order valence-corrected chi connectivity index (χ4v) is 19.6. The van der Waals surface area contributed by atoms with Crippen molar-refractivity contribution in [3.8, 4) is 0 Å². The van der Waals surface area contributed by atoms with E-state index in [1.165, 1.54) is 59.9 Å². The van der Waals surface area contributed by atoms with E-state index in [0.29, 0.717) is 76.4 Å². The molecule has 2 aromatic heterocycles. The monoisotopic (exact) mass is 1000 g/mol. The maximum Gasteiger partial charge on any atom is 0.160 e. The van der Waals surface area contributed by atoms with E-state index < -0.39 is 45.1 Å². The Hall–Kier alpha value is -3.12. The molecule has 12 rings (SSSR count). The van der Waals surface area contributed by atoms with Gasteiger partial charge >= 0.3 is 0 Å². The highest BCUT2D eigenvalue weighted by molar-refractivity contribution is 6.02. The largest absolute Gasteiger partial charge is 0.392 e. The summed E-state index contributed by atoms with van der Waals surface area (Å²) in [6.45, 7) is 18.4. The minimum Gasteiger partial charge on any atom is -0.392 e. The third-order valence-electron chi connectivity index (χ3n) is 23.8. The van der Waals surface area contributed by atoms with Gasteiger partial charge in [-0.2, -0.15) is 0 Å². The number of benzene rings is 1. The van der Waals surface area contributed by atoms with Crippen molar-refractivity contribution in [2.24, 2.45) is 50.2 Å². The molecule has 1 spiro atoms. The maximum atomic E-state index is 15.7. The zero-order chi connectivity index (χ0) is 51.3. The smallest absolute Gasteiger partial charge is 0.160 e. The van der Waals surface area contributed by atoms with Crippen LogP contribution in [-0.2, 0) is 44.1 Å². The van der Waals surface area contributed by atoms with E-state index in [-0.39, 0.29) is 40.5 Å². The predicted octanol–water partition coefficient (Wildman–Crippen LogP) is 10.9. The van der Waals surface area contributed by atoms with Gasteiger partial charge in [0.15, 0.2) is 5.78 Å². The zero-order valence-electron chi connectivity index (χ0n) is 45.8. The van der Waals surface area contributed by atoms with Crippen molar-refractivity contribution in [2.45, 2.75) is 219 Å². The Morgan fingerprint density at radius 1 is 0.890 bits per heavy atom. The summed E-state index contributed by atoms with van der Waals surface area (Å²) in [4.78, 5) is 34.4. The van der Waals surface area contributed by atoms with Crippen LogP contribution in [0.25, 0.3) is 11.0 Å². The van der Waals surface area contributed by atoms with Crippen LogP contribution in [0.3, 0.4) is 0 Å². The Kier molecular flexibility index (Phi) is 12.1. The number of aliphatic hydroxyl groups excluding tert-OH is 2. The van der Waals surface area contributed by atoms with Crippen molar-refractivity contribution in [3.05, 3.63) is 69.6 Å². The molecule has 5 N–H and O–H groups in total. The first kappa shape index (κ1) is 50.7. The van der Waals surface area contributed by atoms with Crippen LogP contribution in [0.4, 0.5) is 0 Å². The highest BCUT2D eigenvalue weighted by atomic mass is 16.6. The molecular weight excluding hydrogens is 911 g/mol. The van der Waals surface area contributed by atoms with Crippen LogP contribution < -0.4 is 5.32 Å². The fraction of sp³-hybridized carbons (Fsp3) is 0.746. The molecule has 5 saturated carbocycles. The molecule has 10 heteroatoms. The number of aromatic nitrogens is 2. The number of aromatic amines is 1. The number of carbonyl (C=O) groups excluding carboxylic acids is 2. The summed E-state index contributed by atoms with van der Waals surface area (Å²) in [5.74, 6) is 0.708. The number of rotatable bonds is 10. The SMILES string of the molecule is CNCCC1(C)C(=O)CC2(CCCC2)C2(C)C1CCC1(C)C2C(O)C2Cn3cc(Cc4cc(C5CCCCC5)cc(C5(O)CCOCC5)c4)c4[nH]cc(c43)CCC(C)(CC(O)C3OC3(C)C)C3=C2C1(C)CC3=O. The second kappa shape index (κ2) is 17.4. The lowest BCUT2D eigenvalue weighted by molar-refractivity contribution is -0.261. The molecule has 11 unspecified atom stereocenters. The molecule has 398 valence electrons. The molecule has 3 aliphatic heterocycles. The first-order chi connectivity index (χ1) is 34.7. The Morgan fingerprint density at radius 2 is 1.62 bits per heavy atom. The maximum absolute atomic E-state index is 15.7. The number of epoxide rings is 1. The number of ketones is 2. The summed E-state index contributed by atoms with van der Waals surface area (Å²) in [5, 5.41) is 42.1. The molecule has 2 saturated heterocycles. The average molecular weight is 1000 g/mol. The molecular formula is C63H89N3O7. The van der Waals surface area contributed by atoms with Gasteiger partial charge in [0.25, 0.3) is 0 Å². The van der Waals surface area contributed by atoms with Crippen LogP contribution in [0.2, 0.25) is 0 Å². The molecule has 0 amide bonds. The minimum absolute atomic E-state index is 0.114. The Bertz CT molecular complexity index is 2710. The van der Waals surface area contributed by atoms with E-state index in [1.54, 1.807) is 0 Å². The lowest BCUT2D eigenvalue weighted by Crippen LogP contribution is -2.72. The van der Waals surface area contributed by atoms with Crippen molar-refractivity contribution < 1.29 is 34.4 Å². The molecule has 1 aromatic carbocycles. The number of Topliss-reactive ketones (excluding diaryl/α,β-unsaturated/α-hetero) is 2. The van der Waals surface area contributed by atoms with Crippen molar-refractivity contribution in [1.29, 1.82) is 0 Å². The normalized spacial score (nSPS) is 39.1. The number of ether oxygens (including phenoxy) is 2. The molecule has 3 aromatic rings. The lowest BCUT2D eigenvalue weighted by Gasteiger charge is -2.74. The Morgan fingerprint density at radius 3 is 2.32 bits per heavy atom. The first-order valence-electron chi connectivity index (χ1n) is 29.3. The van der Waals surface area contributed by atoms with E-state index in [2.05, 4.69) is 80.1 Å². The molecule has 0 bridgehead atoms. The number of H-pyrrole nitrogens is 1. The van der Waals surface area contributed by atoms with Crippen LogP contribution in [0.15, 0.2) is 41.7 Å². The first-order valence-corrected chi connectivity index (χ1v) is 29.3. The molecule has 9 aliphatic rings. The highest BCUT2D eigenvalue weighted by Crippen LogP contribution is 2.80. The predicted molar refractivity (Wildman–Crippen MR) is 285 cm³/mol. The minimum atomic E-state index is -0.917. The Balaban J connectivity index is 1.02. The third-order valence-corrected chi connectivity index (χ3v) is 23.8. The van der Waals surface area contributed by atoms with Gasteiger partial charge in [-0.15, -0.1) is 0 Å². The number of nitrogens with zero attached hydrogens (tertiary/aromatic N) is 1. The fourth-order valence-electron chi connectivity index (χ4n) is 19.6. The molecule has 0 radical (unpaired) electrons. The van der Waals surface area contributed by atoms with Crippen LogP contribution in [-0.4, -0.2) is 87.2 Å². The summed E-state index contributed by atoms with van der Waals surface area (Å²) in [7, 11) is 1.99. The molecule has 6 aliphatic carbocycles. The number of aliphatic hydroxyl groups is 3. The van der Waals surface area contributed by atoms with Gasteiger partial charge < -0.3 is 39.7 Å². The zero-order valence-corrected chi connectivity index (χ0v) is 45.8. The van der Waals surface area contributed by atoms with Gasteiger partial charge in [-0.25, -0.2) is 0 Å². The van der Waals surface area contributed by atoms with Crippen molar-refractivity contribution in [2.75, 3.05) is 26.8 Å². The van der Waals surface area contributed by atoms with Gasteiger partial charge in [0.05, 0.1) is 34.4 Å². The van der Waals surface area contributed by atoms with Crippen LogP contribution in [0.5, 0.6) is 0 Å². The van der Waals surface area contributed by atoms with Crippen LogP contribution >= 0.6 is 0 Å². The second-order valence-corrected chi connectivity index (χ2v) is 27.9. The molecule has 5 heterocycles. The standard InChI is InChI=1S/C63H89N3O7/c1-56(2)55(73-56)46(68)32-57(3)20-16-40-35-65-51-42(29-38-28-41(39-14-10-9-11-15-39)31-43(30-38)63(71)23-26-72-27-24-63)36-66(52(40)51)37-44-49-50(57)45(67)33-60(49,6)59(5)21-17-47-58(4,22-25-64-8)48(69)34-62(18-12-13-19-62)61(47,7)54(59)53(44)70/h28,30-31,35-36,39,44,46-47,53-55,64-65,68,70-71H,9-27,29,32-34,37H2,1-8H3. The number of aryl methyl sites for hydroxylation is 1. The van der Waals surface area contributed by atoms with Crippen LogP contribution in [0, 0.1) is 50.2 Å². The van der Waals surface area contributed by atoms with Crippen molar-refractivity contribution in [3.63, 3.8) is 0 Å². The van der Waals surface area contributed by atoms with Gasteiger partial charge in [0, 0.05) is 86.6 Å². The van der Waals surface area contributed by atoms with Crippen molar-refractivity contribution >= 4 is 22.6 Å². The van der Waals surface area contributed by atoms with Gasteiger partial charge in [-0.3, -0.25) is 9.59 Å².